The van der Waals surface area contributed by atoms with Gasteiger partial charge in [0.2, 0.25) is 0 Å². The summed E-state index contributed by atoms with van der Waals surface area (Å²) in [5, 5.41) is 5.61. The van der Waals surface area contributed by atoms with E-state index < -0.39 is 0 Å². The van der Waals surface area contributed by atoms with Gasteiger partial charge in [0.15, 0.2) is 6.61 Å². The number of nitrogens with one attached hydrogen (secondary N) is 2. The van der Waals surface area contributed by atoms with Crippen molar-refractivity contribution in [3.05, 3.63) is 84.2 Å². The molecule has 0 radical (unpaired) electrons. The smallest absolute Gasteiger partial charge is 0.262 e. The highest BCUT2D eigenvalue weighted by molar-refractivity contribution is 5.94. The third-order valence-corrected chi connectivity index (χ3v) is 4.26. The summed E-state index contributed by atoms with van der Waals surface area (Å²) in [5.41, 5.74) is 2.21. The fourth-order valence-electron chi connectivity index (χ4n) is 2.72. The molecule has 30 heavy (non-hydrogen) atoms. The molecule has 154 valence electrons. The minimum atomic E-state index is -0.291. The lowest BCUT2D eigenvalue weighted by atomic mass is 10.2. The summed E-state index contributed by atoms with van der Waals surface area (Å²) in [6.45, 7) is 0.376. The van der Waals surface area contributed by atoms with E-state index in [2.05, 4.69) is 15.6 Å². The fourth-order valence-corrected chi connectivity index (χ4v) is 2.72. The van der Waals surface area contributed by atoms with Crippen molar-refractivity contribution in [2.75, 3.05) is 25.6 Å². The summed E-state index contributed by atoms with van der Waals surface area (Å²) >= 11 is 0. The molecule has 0 unspecified atom stereocenters. The first kappa shape index (κ1) is 20.9. The van der Waals surface area contributed by atoms with Crippen LogP contribution in [0, 0.1) is 0 Å². The molecule has 0 aliphatic carbocycles. The van der Waals surface area contributed by atoms with E-state index >= 15 is 0 Å². The van der Waals surface area contributed by atoms with Crippen LogP contribution in [0.3, 0.4) is 0 Å². The molecule has 0 aliphatic heterocycles. The van der Waals surface area contributed by atoms with Gasteiger partial charge in [-0.1, -0.05) is 12.1 Å². The second-order valence-corrected chi connectivity index (χ2v) is 6.46. The SMILES string of the molecule is COc1cccc(NC(=O)COc2ccc(C(=O)NCCc3cccnc3)cc2)c1. The normalized spacial score (nSPS) is 10.2. The third kappa shape index (κ3) is 6.34. The Balaban J connectivity index is 1.43. The Bertz CT molecular complexity index is 975. The number of pyridine rings is 1. The van der Waals surface area contributed by atoms with Gasteiger partial charge in [-0.2, -0.15) is 0 Å². The van der Waals surface area contributed by atoms with Crippen LogP contribution < -0.4 is 20.1 Å². The van der Waals surface area contributed by atoms with Gasteiger partial charge in [-0.15, -0.1) is 0 Å². The second kappa shape index (κ2) is 10.6. The van der Waals surface area contributed by atoms with E-state index in [1.807, 2.05) is 12.1 Å². The lowest BCUT2D eigenvalue weighted by Gasteiger charge is -2.09. The Labute approximate surface area is 175 Å². The summed E-state index contributed by atoms with van der Waals surface area (Å²) in [4.78, 5) is 28.3. The zero-order chi connectivity index (χ0) is 21.2. The number of hydrogen-bond donors (Lipinski definition) is 2. The van der Waals surface area contributed by atoms with E-state index in [0.717, 1.165) is 5.56 Å². The number of anilines is 1. The van der Waals surface area contributed by atoms with Gasteiger partial charge in [-0.3, -0.25) is 14.6 Å². The Morgan fingerprint density at radius 1 is 1.00 bits per heavy atom. The molecule has 3 aromatic rings. The minimum Gasteiger partial charge on any atom is -0.497 e. The van der Waals surface area contributed by atoms with Crippen LogP contribution in [0.1, 0.15) is 15.9 Å². The van der Waals surface area contributed by atoms with Gasteiger partial charge in [0.1, 0.15) is 11.5 Å². The molecule has 7 heteroatoms. The minimum absolute atomic E-state index is 0.145. The van der Waals surface area contributed by atoms with Crippen molar-refractivity contribution >= 4 is 17.5 Å². The first-order chi connectivity index (χ1) is 14.6. The molecule has 2 amide bonds. The van der Waals surface area contributed by atoms with E-state index in [1.54, 1.807) is 68.0 Å². The van der Waals surface area contributed by atoms with Crippen LogP contribution in [0.25, 0.3) is 0 Å². The van der Waals surface area contributed by atoms with Gasteiger partial charge < -0.3 is 20.1 Å². The maximum atomic E-state index is 12.2. The zero-order valence-electron chi connectivity index (χ0n) is 16.6. The van der Waals surface area contributed by atoms with Crippen LogP contribution >= 0.6 is 0 Å². The van der Waals surface area contributed by atoms with E-state index in [9.17, 15) is 9.59 Å². The number of aromatic nitrogens is 1. The van der Waals surface area contributed by atoms with Crippen LogP contribution in [0.5, 0.6) is 11.5 Å². The predicted octanol–water partition coefficient (Wildman–Crippen LogP) is 3.08. The Hall–Kier alpha value is -3.87. The molecule has 1 aromatic heterocycles. The highest BCUT2D eigenvalue weighted by Gasteiger charge is 2.07. The topological polar surface area (TPSA) is 89.5 Å². The molecule has 0 atom stereocenters. The highest BCUT2D eigenvalue weighted by atomic mass is 16.5. The van der Waals surface area contributed by atoms with Crippen LogP contribution in [-0.2, 0) is 11.2 Å². The van der Waals surface area contributed by atoms with Gasteiger partial charge in [-0.05, 0) is 54.4 Å². The zero-order valence-corrected chi connectivity index (χ0v) is 16.6. The van der Waals surface area contributed by atoms with Gasteiger partial charge in [0.05, 0.1) is 7.11 Å². The summed E-state index contributed by atoms with van der Waals surface area (Å²) in [5.74, 6) is 0.701. The maximum absolute atomic E-state index is 12.2. The van der Waals surface area contributed by atoms with Crippen molar-refractivity contribution in [2.24, 2.45) is 0 Å². The average Bonchev–Trinajstić information content (AvgIpc) is 2.79. The molecular formula is C23H23N3O4. The lowest BCUT2D eigenvalue weighted by Crippen LogP contribution is -2.25. The van der Waals surface area contributed by atoms with Crippen molar-refractivity contribution < 1.29 is 19.1 Å². The highest BCUT2D eigenvalue weighted by Crippen LogP contribution is 2.17. The molecule has 2 N–H and O–H groups in total. The molecule has 7 nitrogen and oxygen atoms in total. The number of ether oxygens (including phenoxy) is 2. The van der Waals surface area contributed by atoms with E-state index in [1.165, 1.54) is 0 Å². The first-order valence-corrected chi connectivity index (χ1v) is 9.48. The van der Waals surface area contributed by atoms with Gasteiger partial charge in [0.25, 0.3) is 11.8 Å². The number of amides is 2. The summed E-state index contributed by atoms with van der Waals surface area (Å²) in [6.07, 6.45) is 4.21. The molecule has 0 aliphatic rings. The first-order valence-electron chi connectivity index (χ1n) is 9.48. The third-order valence-electron chi connectivity index (χ3n) is 4.26. The molecule has 0 saturated heterocycles. The van der Waals surface area contributed by atoms with Crippen molar-refractivity contribution in [2.45, 2.75) is 6.42 Å². The van der Waals surface area contributed by atoms with Crippen LogP contribution in [0.2, 0.25) is 0 Å². The molecule has 3 rings (SSSR count). The molecule has 0 saturated carbocycles. The predicted molar refractivity (Wildman–Crippen MR) is 114 cm³/mol. The van der Waals surface area contributed by atoms with Crippen molar-refractivity contribution in [3.8, 4) is 11.5 Å². The number of benzene rings is 2. The molecule has 0 fully saturated rings. The van der Waals surface area contributed by atoms with E-state index in [0.29, 0.717) is 35.7 Å². The summed E-state index contributed by atoms with van der Waals surface area (Å²) in [7, 11) is 1.56. The lowest BCUT2D eigenvalue weighted by molar-refractivity contribution is -0.118. The van der Waals surface area contributed by atoms with E-state index in [-0.39, 0.29) is 18.4 Å². The molecule has 2 aromatic carbocycles. The molecule has 0 spiro atoms. The number of carbonyl (C=O) groups excluding carboxylic acids is 2. The number of methoxy groups -OCH3 is 1. The summed E-state index contributed by atoms with van der Waals surface area (Å²) < 4.78 is 10.6. The number of nitrogens with zero attached hydrogens (tertiary/aromatic N) is 1. The van der Waals surface area contributed by atoms with Crippen LogP contribution in [0.4, 0.5) is 5.69 Å². The molecular weight excluding hydrogens is 382 g/mol. The quantitative estimate of drug-likeness (QED) is 0.571. The van der Waals surface area contributed by atoms with Crippen molar-refractivity contribution in [3.63, 3.8) is 0 Å². The van der Waals surface area contributed by atoms with Crippen molar-refractivity contribution in [1.29, 1.82) is 0 Å². The van der Waals surface area contributed by atoms with Gasteiger partial charge >= 0.3 is 0 Å². The van der Waals surface area contributed by atoms with Gasteiger partial charge in [-0.25, -0.2) is 0 Å². The van der Waals surface area contributed by atoms with Crippen LogP contribution in [-0.4, -0.2) is 37.1 Å². The standard InChI is InChI=1S/C23H23N3O4/c1-29-21-6-2-5-19(14-21)26-22(27)16-30-20-9-7-18(8-10-20)23(28)25-13-11-17-4-3-12-24-15-17/h2-10,12,14-15H,11,13,16H2,1H3,(H,25,28)(H,26,27). The molecule has 1 heterocycles. The Morgan fingerprint density at radius 2 is 1.83 bits per heavy atom. The average molecular weight is 405 g/mol. The number of hydrogen-bond acceptors (Lipinski definition) is 5. The maximum Gasteiger partial charge on any atom is 0.262 e. The molecule has 0 bridgehead atoms. The Morgan fingerprint density at radius 3 is 2.57 bits per heavy atom. The van der Waals surface area contributed by atoms with Gasteiger partial charge in [0, 0.05) is 36.3 Å². The number of carbonyl (C=O) groups is 2. The number of rotatable bonds is 9. The largest absolute Gasteiger partial charge is 0.497 e. The second-order valence-electron chi connectivity index (χ2n) is 6.46. The summed E-state index contributed by atoms with van der Waals surface area (Å²) in [6, 6.07) is 17.6. The monoisotopic (exact) mass is 405 g/mol. The fraction of sp³-hybridized carbons (Fsp3) is 0.174. The Kier molecular flexibility index (Phi) is 7.38. The van der Waals surface area contributed by atoms with E-state index in [4.69, 9.17) is 9.47 Å². The van der Waals surface area contributed by atoms with Crippen LogP contribution in [0.15, 0.2) is 73.1 Å². The van der Waals surface area contributed by atoms with Crippen molar-refractivity contribution in [1.82, 2.24) is 10.3 Å².